The van der Waals surface area contributed by atoms with E-state index in [1.807, 2.05) is 18.2 Å². The van der Waals surface area contributed by atoms with Crippen LogP contribution < -0.4 is 5.32 Å². The number of benzene rings is 3. The van der Waals surface area contributed by atoms with Gasteiger partial charge in [0.15, 0.2) is 0 Å². The highest BCUT2D eigenvalue weighted by Gasteiger charge is 2.34. The van der Waals surface area contributed by atoms with Crippen LogP contribution in [0.3, 0.4) is 0 Å². The summed E-state index contributed by atoms with van der Waals surface area (Å²) in [5.74, 6) is -2.35. The smallest absolute Gasteiger partial charge is 0.325 e. The molecule has 34 heavy (non-hydrogen) atoms. The molecule has 3 rings (SSSR count). The molecule has 0 heterocycles. The van der Waals surface area contributed by atoms with Crippen LogP contribution in [0.4, 0.5) is 23.2 Å². The highest BCUT2D eigenvalue weighted by atomic mass is 79.9. The molecule has 1 amide bonds. The summed E-state index contributed by atoms with van der Waals surface area (Å²) >= 11 is 3.23. The van der Waals surface area contributed by atoms with Gasteiger partial charge in [-0.3, -0.25) is 4.79 Å². The molecule has 5 nitrogen and oxygen atoms in total. The van der Waals surface area contributed by atoms with Crippen molar-refractivity contribution in [2.24, 2.45) is 0 Å². The quantitative estimate of drug-likeness (QED) is 0.372. The van der Waals surface area contributed by atoms with E-state index in [9.17, 15) is 30.8 Å². The van der Waals surface area contributed by atoms with E-state index >= 15 is 0 Å². The molecule has 11 heteroatoms. The fourth-order valence-electron chi connectivity index (χ4n) is 3.12. The van der Waals surface area contributed by atoms with Crippen molar-refractivity contribution in [2.45, 2.75) is 17.5 Å². The van der Waals surface area contributed by atoms with E-state index in [4.69, 9.17) is 0 Å². The van der Waals surface area contributed by atoms with Crippen molar-refractivity contribution in [3.8, 4) is 0 Å². The van der Waals surface area contributed by atoms with Crippen molar-refractivity contribution in [1.82, 2.24) is 4.31 Å². The van der Waals surface area contributed by atoms with Gasteiger partial charge in [-0.15, -0.1) is 0 Å². The van der Waals surface area contributed by atoms with Crippen molar-refractivity contribution in [1.29, 1.82) is 0 Å². The maximum Gasteiger partial charge on any atom is 0.419 e. The molecular formula is C23H19BrF4N2O3S. The zero-order valence-electron chi connectivity index (χ0n) is 17.5. The van der Waals surface area contributed by atoms with Gasteiger partial charge in [0.1, 0.15) is 5.82 Å². The second kappa shape index (κ2) is 10.7. The first-order chi connectivity index (χ1) is 16.0. The molecule has 0 atom stereocenters. The van der Waals surface area contributed by atoms with Crippen molar-refractivity contribution < 1.29 is 30.8 Å². The summed E-state index contributed by atoms with van der Waals surface area (Å²) in [5, 5.41) is 2.22. The average molecular weight is 559 g/mol. The molecule has 0 aliphatic rings. The zero-order chi connectivity index (χ0) is 24.9. The summed E-state index contributed by atoms with van der Waals surface area (Å²) in [5.41, 5.74) is -0.997. The highest BCUT2D eigenvalue weighted by Crippen LogP contribution is 2.33. The molecule has 0 aromatic heterocycles. The minimum absolute atomic E-state index is 0.0438. The molecule has 0 aliphatic carbocycles. The third kappa shape index (κ3) is 6.64. The Morgan fingerprint density at radius 1 is 0.971 bits per heavy atom. The Hall–Kier alpha value is -2.76. The highest BCUT2D eigenvalue weighted by molar-refractivity contribution is 9.10. The molecule has 1 N–H and O–H groups in total. The molecule has 0 saturated carbocycles. The third-order valence-corrected chi connectivity index (χ3v) is 7.21. The largest absolute Gasteiger partial charge is 0.419 e. The summed E-state index contributed by atoms with van der Waals surface area (Å²) in [7, 11) is -4.10. The molecule has 180 valence electrons. The lowest BCUT2D eigenvalue weighted by Crippen LogP contribution is -2.39. The van der Waals surface area contributed by atoms with E-state index in [-0.39, 0.29) is 17.1 Å². The standard InChI is InChI=1S/C23H19BrF4N2O3S/c24-17-6-9-19(10-7-17)34(32,33)30(13-12-16-4-2-1-3-5-16)15-22(31)29-18-8-11-21(25)20(14-18)23(26,27)28/h1-11,14H,12-13,15H2,(H,29,31). The molecule has 0 fully saturated rings. The van der Waals surface area contributed by atoms with Crippen LogP contribution in [0.25, 0.3) is 0 Å². The molecule has 0 spiro atoms. The van der Waals surface area contributed by atoms with Crippen LogP contribution in [0.15, 0.2) is 82.2 Å². The van der Waals surface area contributed by atoms with Crippen LogP contribution in [0.2, 0.25) is 0 Å². The number of anilines is 1. The number of sulfonamides is 1. The summed E-state index contributed by atoms with van der Waals surface area (Å²) in [4.78, 5) is 12.6. The number of alkyl halides is 3. The fourth-order valence-corrected chi connectivity index (χ4v) is 4.78. The van der Waals surface area contributed by atoms with Gasteiger partial charge in [0.05, 0.1) is 17.0 Å². The minimum atomic E-state index is -4.95. The molecular weight excluding hydrogens is 540 g/mol. The van der Waals surface area contributed by atoms with Gasteiger partial charge >= 0.3 is 6.18 Å². The Bertz CT molecular complexity index is 1250. The third-order valence-electron chi connectivity index (χ3n) is 4.82. The number of carbonyl (C=O) groups is 1. The van der Waals surface area contributed by atoms with Crippen LogP contribution in [0.1, 0.15) is 11.1 Å². The Morgan fingerprint density at radius 3 is 2.24 bits per heavy atom. The Labute approximate surface area is 202 Å². The van der Waals surface area contributed by atoms with Crippen molar-refractivity contribution in [3.63, 3.8) is 0 Å². The first kappa shape index (κ1) is 25.9. The van der Waals surface area contributed by atoms with Gasteiger partial charge in [-0.1, -0.05) is 46.3 Å². The summed E-state index contributed by atoms with van der Waals surface area (Å²) in [6, 6.07) is 16.9. The van der Waals surface area contributed by atoms with Gasteiger partial charge in [0.25, 0.3) is 0 Å². The second-order valence-electron chi connectivity index (χ2n) is 7.27. The molecule has 3 aromatic carbocycles. The number of hydrogen-bond donors (Lipinski definition) is 1. The van der Waals surface area contributed by atoms with Crippen LogP contribution in [0.5, 0.6) is 0 Å². The molecule has 0 aliphatic heterocycles. The molecule has 0 unspecified atom stereocenters. The monoisotopic (exact) mass is 558 g/mol. The Morgan fingerprint density at radius 2 is 1.62 bits per heavy atom. The summed E-state index contributed by atoms with van der Waals surface area (Å²) in [6.45, 7) is -0.697. The first-order valence-electron chi connectivity index (χ1n) is 9.93. The minimum Gasteiger partial charge on any atom is -0.325 e. The van der Waals surface area contributed by atoms with Crippen LogP contribution in [0, 0.1) is 5.82 Å². The number of nitrogens with zero attached hydrogens (tertiary/aromatic N) is 1. The molecule has 0 radical (unpaired) electrons. The van der Waals surface area contributed by atoms with E-state index in [0.29, 0.717) is 23.0 Å². The number of carbonyl (C=O) groups excluding carboxylic acids is 1. The predicted octanol–water partition coefficient (Wildman–Crippen LogP) is 5.48. The van der Waals surface area contributed by atoms with E-state index < -0.39 is 40.0 Å². The van der Waals surface area contributed by atoms with Crippen LogP contribution >= 0.6 is 15.9 Å². The van der Waals surface area contributed by atoms with Gasteiger partial charge < -0.3 is 5.32 Å². The number of amides is 1. The summed E-state index contributed by atoms with van der Waals surface area (Å²) in [6.07, 6.45) is -4.64. The lowest BCUT2D eigenvalue weighted by atomic mass is 10.1. The van der Waals surface area contributed by atoms with Gasteiger partial charge in [0.2, 0.25) is 15.9 Å². The zero-order valence-corrected chi connectivity index (χ0v) is 19.9. The van der Waals surface area contributed by atoms with Crippen molar-refractivity contribution >= 4 is 37.5 Å². The van der Waals surface area contributed by atoms with Crippen LogP contribution in [-0.4, -0.2) is 31.7 Å². The van der Waals surface area contributed by atoms with Crippen molar-refractivity contribution in [3.05, 3.63) is 94.2 Å². The van der Waals surface area contributed by atoms with Gasteiger partial charge in [-0.05, 0) is 54.4 Å². The topological polar surface area (TPSA) is 66.5 Å². The number of rotatable bonds is 8. The van der Waals surface area contributed by atoms with E-state index in [0.717, 1.165) is 15.9 Å². The molecule has 3 aromatic rings. The maximum atomic E-state index is 13.5. The number of nitrogens with one attached hydrogen (secondary N) is 1. The number of hydrogen-bond acceptors (Lipinski definition) is 3. The van der Waals surface area contributed by atoms with E-state index in [2.05, 4.69) is 21.2 Å². The normalized spacial score (nSPS) is 12.1. The Balaban J connectivity index is 1.83. The fraction of sp³-hybridized carbons (Fsp3) is 0.174. The van der Waals surface area contributed by atoms with Gasteiger partial charge in [-0.2, -0.15) is 17.5 Å². The average Bonchev–Trinajstić information content (AvgIpc) is 2.78. The summed E-state index contributed by atoms with van der Waals surface area (Å²) < 4.78 is 80.5. The molecule has 0 saturated heterocycles. The molecule has 0 bridgehead atoms. The second-order valence-corrected chi connectivity index (χ2v) is 10.1. The van der Waals surface area contributed by atoms with E-state index in [1.54, 1.807) is 24.3 Å². The van der Waals surface area contributed by atoms with Gasteiger partial charge in [-0.25, -0.2) is 12.8 Å². The lowest BCUT2D eigenvalue weighted by molar-refractivity contribution is -0.140. The first-order valence-corrected chi connectivity index (χ1v) is 12.2. The maximum absolute atomic E-state index is 13.5. The van der Waals surface area contributed by atoms with Gasteiger partial charge in [0, 0.05) is 16.7 Å². The van der Waals surface area contributed by atoms with Crippen molar-refractivity contribution in [2.75, 3.05) is 18.4 Å². The number of halogens is 5. The van der Waals surface area contributed by atoms with Crippen LogP contribution in [-0.2, 0) is 27.4 Å². The lowest BCUT2D eigenvalue weighted by Gasteiger charge is -2.22. The SMILES string of the molecule is O=C(CN(CCc1ccccc1)S(=O)(=O)c1ccc(Br)cc1)Nc1ccc(F)c(C(F)(F)F)c1. The Kier molecular flexibility index (Phi) is 8.11. The van der Waals surface area contributed by atoms with E-state index in [1.165, 1.54) is 12.1 Å². The predicted molar refractivity (Wildman–Crippen MR) is 123 cm³/mol.